The van der Waals surface area contributed by atoms with Crippen molar-refractivity contribution in [1.29, 1.82) is 0 Å². The lowest BCUT2D eigenvalue weighted by Crippen LogP contribution is -2.28. The van der Waals surface area contributed by atoms with Crippen LogP contribution in [0.15, 0.2) is 54.6 Å². The average Bonchev–Trinajstić information content (AvgIpc) is 2.62. The second-order valence-electron chi connectivity index (χ2n) is 5.95. The predicted molar refractivity (Wildman–Crippen MR) is 96.8 cm³/mol. The molecular weight excluding hydrogens is 300 g/mol. The van der Waals surface area contributed by atoms with Crippen molar-refractivity contribution in [3.05, 3.63) is 65.7 Å². The Morgan fingerprint density at radius 2 is 1.58 bits per heavy atom. The van der Waals surface area contributed by atoms with E-state index in [1.165, 1.54) is 0 Å². The van der Waals surface area contributed by atoms with Gasteiger partial charge in [0.15, 0.2) is 0 Å². The summed E-state index contributed by atoms with van der Waals surface area (Å²) in [4.78, 5) is 24.7. The Morgan fingerprint density at radius 3 is 2.25 bits per heavy atom. The van der Waals surface area contributed by atoms with Crippen LogP contribution in [-0.4, -0.2) is 11.8 Å². The van der Waals surface area contributed by atoms with Crippen LogP contribution in [0.4, 0.5) is 5.69 Å². The highest BCUT2D eigenvalue weighted by Crippen LogP contribution is 2.19. The van der Waals surface area contributed by atoms with Crippen molar-refractivity contribution in [1.82, 2.24) is 5.32 Å². The van der Waals surface area contributed by atoms with Crippen LogP contribution in [0.3, 0.4) is 0 Å². The summed E-state index contributed by atoms with van der Waals surface area (Å²) in [6.07, 6.45) is 0.755. The molecule has 0 aliphatic heterocycles. The molecule has 126 valence electrons. The van der Waals surface area contributed by atoms with Gasteiger partial charge in [0.25, 0.3) is 5.91 Å². The van der Waals surface area contributed by atoms with E-state index in [9.17, 15) is 9.59 Å². The number of benzene rings is 2. The summed E-state index contributed by atoms with van der Waals surface area (Å²) in [6.45, 7) is 5.77. The highest BCUT2D eigenvalue weighted by atomic mass is 16.2. The Morgan fingerprint density at radius 1 is 0.958 bits per heavy atom. The van der Waals surface area contributed by atoms with Crippen LogP contribution in [0.5, 0.6) is 0 Å². The monoisotopic (exact) mass is 324 g/mol. The first-order valence-corrected chi connectivity index (χ1v) is 8.28. The zero-order chi connectivity index (χ0) is 17.5. The molecule has 2 atom stereocenters. The van der Waals surface area contributed by atoms with Gasteiger partial charge >= 0.3 is 0 Å². The number of rotatable bonds is 6. The number of carbonyl (C=O) groups excluding carboxylic acids is 2. The van der Waals surface area contributed by atoms with Crippen molar-refractivity contribution in [2.45, 2.75) is 33.2 Å². The van der Waals surface area contributed by atoms with Crippen molar-refractivity contribution in [3.63, 3.8) is 0 Å². The number of para-hydroxylation sites is 1. The second-order valence-corrected chi connectivity index (χ2v) is 5.95. The van der Waals surface area contributed by atoms with Gasteiger partial charge in [-0.3, -0.25) is 9.59 Å². The van der Waals surface area contributed by atoms with Crippen molar-refractivity contribution in [3.8, 4) is 0 Å². The van der Waals surface area contributed by atoms with Crippen LogP contribution >= 0.6 is 0 Å². The first-order chi connectivity index (χ1) is 11.5. The summed E-state index contributed by atoms with van der Waals surface area (Å²) in [5.74, 6) is -0.371. The topological polar surface area (TPSA) is 58.2 Å². The minimum atomic E-state index is -0.202. The Hall–Kier alpha value is -2.62. The van der Waals surface area contributed by atoms with Crippen LogP contribution in [0.2, 0.25) is 0 Å². The molecule has 0 aliphatic rings. The van der Waals surface area contributed by atoms with Gasteiger partial charge in [-0.15, -0.1) is 0 Å². The number of hydrogen-bond donors (Lipinski definition) is 2. The molecule has 2 N–H and O–H groups in total. The molecule has 4 nitrogen and oxygen atoms in total. The molecule has 0 saturated carbocycles. The Kier molecular flexibility index (Phi) is 6.13. The summed E-state index contributed by atoms with van der Waals surface area (Å²) in [7, 11) is 0. The van der Waals surface area contributed by atoms with E-state index in [1.54, 1.807) is 18.2 Å². The zero-order valence-electron chi connectivity index (χ0n) is 14.4. The summed E-state index contributed by atoms with van der Waals surface area (Å²) in [6, 6.07) is 16.7. The van der Waals surface area contributed by atoms with E-state index in [1.807, 2.05) is 57.2 Å². The van der Waals surface area contributed by atoms with Crippen molar-refractivity contribution >= 4 is 17.5 Å². The Bertz CT molecular complexity index is 698. The van der Waals surface area contributed by atoms with Crippen LogP contribution in [0.25, 0.3) is 0 Å². The lowest BCUT2D eigenvalue weighted by atomic mass is 10.1. The lowest BCUT2D eigenvalue weighted by molar-refractivity contribution is -0.119. The van der Waals surface area contributed by atoms with Crippen LogP contribution in [0.1, 0.15) is 49.2 Å². The third kappa shape index (κ3) is 4.44. The van der Waals surface area contributed by atoms with Gasteiger partial charge in [0.2, 0.25) is 5.91 Å². The van der Waals surface area contributed by atoms with Gasteiger partial charge in [-0.2, -0.15) is 0 Å². The zero-order valence-corrected chi connectivity index (χ0v) is 14.4. The van der Waals surface area contributed by atoms with E-state index < -0.39 is 0 Å². The average molecular weight is 324 g/mol. The van der Waals surface area contributed by atoms with E-state index in [2.05, 4.69) is 10.6 Å². The number of anilines is 1. The Labute approximate surface area is 143 Å². The molecule has 2 aromatic carbocycles. The molecule has 24 heavy (non-hydrogen) atoms. The fourth-order valence-corrected chi connectivity index (χ4v) is 2.33. The van der Waals surface area contributed by atoms with E-state index in [-0.39, 0.29) is 23.8 Å². The molecule has 4 heteroatoms. The highest BCUT2D eigenvalue weighted by molar-refractivity contribution is 6.04. The summed E-state index contributed by atoms with van der Waals surface area (Å²) >= 11 is 0. The molecule has 0 radical (unpaired) electrons. The van der Waals surface area contributed by atoms with Crippen LogP contribution in [-0.2, 0) is 4.79 Å². The molecule has 2 aromatic rings. The van der Waals surface area contributed by atoms with Crippen molar-refractivity contribution in [2.24, 2.45) is 5.92 Å². The number of carbonyl (C=O) groups is 2. The molecule has 0 aromatic heterocycles. The minimum Gasteiger partial charge on any atom is -0.345 e. The van der Waals surface area contributed by atoms with Gasteiger partial charge in [0.1, 0.15) is 0 Å². The first kappa shape index (κ1) is 17.7. The minimum absolute atomic E-state index is 0.0751. The van der Waals surface area contributed by atoms with Crippen molar-refractivity contribution in [2.75, 3.05) is 5.32 Å². The second kappa shape index (κ2) is 8.29. The SMILES string of the molecule is CCC(C)C(=O)Nc1ccccc1C(=O)NC(C)c1ccccc1. The van der Waals surface area contributed by atoms with Gasteiger partial charge in [-0.1, -0.05) is 56.3 Å². The molecule has 0 saturated heterocycles. The van der Waals surface area contributed by atoms with Gasteiger partial charge in [0, 0.05) is 5.92 Å². The van der Waals surface area contributed by atoms with Gasteiger partial charge in [-0.25, -0.2) is 0 Å². The number of amides is 2. The molecule has 0 spiro atoms. The molecular formula is C20H24N2O2. The van der Waals surface area contributed by atoms with Crippen LogP contribution < -0.4 is 10.6 Å². The maximum absolute atomic E-state index is 12.6. The van der Waals surface area contributed by atoms with Crippen LogP contribution in [0, 0.1) is 5.92 Å². The number of nitrogens with one attached hydrogen (secondary N) is 2. The Balaban J connectivity index is 2.13. The largest absolute Gasteiger partial charge is 0.345 e. The normalized spacial score (nSPS) is 13.0. The summed E-state index contributed by atoms with van der Waals surface area (Å²) < 4.78 is 0. The fraction of sp³-hybridized carbons (Fsp3) is 0.300. The molecule has 0 aliphatic carbocycles. The molecule has 0 fully saturated rings. The molecule has 2 unspecified atom stereocenters. The molecule has 2 rings (SSSR count). The van der Waals surface area contributed by atoms with Gasteiger partial charge < -0.3 is 10.6 Å². The van der Waals surface area contributed by atoms with E-state index in [4.69, 9.17) is 0 Å². The molecule has 2 amide bonds. The van der Waals surface area contributed by atoms with Gasteiger partial charge in [-0.05, 0) is 31.0 Å². The maximum atomic E-state index is 12.6. The van der Waals surface area contributed by atoms with E-state index in [0.29, 0.717) is 11.3 Å². The smallest absolute Gasteiger partial charge is 0.253 e. The standard InChI is InChI=1S/C20H24N2O2/c1-4-14(2)19(23)22-18-13-9-8-12-17(18)20(24)21-15(3)16-10-6-5-7-11-16/h5-15H,4H2,1-3H3,(H,21,24)(H,22,23). The lowest BCUT2D eigenvalue weighted by Gasteiger charge is -2.17. The predicted octanol–water partition coefficient (Wildman–Crippen LogP) is 4.16. The third-order valence-electron chi connectivity index (χ3n) is 4.14. The van der Waals surface area contributed by atoms with Crippen molar-refractivity contribution < 1.29 is 9.59 Å². The fourth-order valence-electron chi connectivity index (χ4n) is 2.33. The summed E-state index contributed by atoms with van der Waals surface area (Å²) in [5, 5.41) is 5.83. The number of hydrogen-bond acceptors (Lipinski definition) is 2. The third-order valence-corrected chi connectivity index (χ3v) is 4.14. The quantitative estimate of drug-likeness (QED) is 0.838. The van der Waals surface area contributed by atoms with Gasteiger partial charge in [0.05, 0.1) is 17.3 Å². The molecule has 0 heterocycles. The first-order valence-electron chi connectivity index (χ1n) is 8.28. The highest BCUT2D eigenvalue weighted by Gasteiger charge is 2.17. The van der Waals surface area contributed by atoms with E-state index >= 15 is 0 Å². The molecule has 0 bridgehead atoms. The summed E-state index contributed by atoms with van der Waals surface area (Å²) in [5.41, 5.74) is 2.05. The maximum Gasteiger partial charge on any atom is 0.253 e. The van der Waals surface area contributed by atoms with E-state index in [0.717, 1.165) is 12.0 Å².